The van der Waals surface area contributed by atoms with Crippen molar-refractivity contribution in [1.29, 1.82) is 0 Å². The lowest BCUT2D eigenvalue weighted by Gasteiger charge is -2.39. The minimum Gasteiger partial charge on any atom is -0.310 e. The molecule has 20 heavy (non-hydrogen) atoms. The van der Waals surface area contributed by atoms with E-state index in [1.54, 1.807) is 0 Å². The van der Waals surface area contributed by atoms with Crippen LogP contribution in [0.15, 0.2) is 24.3 Å². The van der Waals surface area contributed by atoms with Gasteiger partial charge in [0.1, 0.15) is 0 Å². The van der Waals surface area contributed by atoms with Crippen LogP contribution in [0.25, 0.3) is 0 Å². The van der Waals surface area contributed by atoms with Gasteiger partial charge in [0, 0.05) is 12.6 Å². The molecule has 0 unspecified atom stereocenters. The van der Waals surface area contributed by atoms with Crippen LogP contribution in [0.2, 0.25) is 0 Å². The van der Waals surface area contributed by atoms with Gasteiger partial charge in [0.2, 0.25) is 0 Å². The highest BCUT2D eigenvalue weighted by Gasteiger charge is 2.31. The van der Waals surface area contributed by atoms with Gasteiger partial charge in [-0.3, -0.25) is 0 Å². The van der Waals surface area contributed by atoms with Crippen molar-refractivity contribution in [3.05, 3.63) is 35.4 Å². The molecule has 1 nitrogen and oxygen atoms in total. The molecule has 1 saturated carbocycles. The highest BCUT2D eigenvalue weighted by atomic mass is 14.9. The topological polar surface area (TPSA) is 12.0 Å². The highest BCUT2D eigenvalue weighted by Crippen LogP contribution is 2.40. The Morgan fingerprint density at radius 2 is 1.65 bits per heavy atom. The Hall–Kier alpha value is -0.820. The molecule has 0 aromatic heterocycles. The second-order valence-electron chi connectivity index (χ2n) is 7.26. The Balaban J connectivity index is 1.76. The predicted octanol–water partition coefficient (Wildman–Crippen LogP) is 5.08. The van der Waals surface area contributed by atoms with Gasteiger partial charge in [0.15, 0.2) is 0 Å². The van der Waals surface area contributed by atoms with Crippen LogP contribution in [0.4, 0.5) is 0 Å². The van der Waals surface area contributed by atoms with Crippen molar-refractivity contribution in [3.8, 4) is 0 Å². The molecule has 1 aliphatic carbocycles. The van der Waals surface area contributed by atoms with E-state index in [1.807, 2.05) is 0 Å². The summed E-state index contributed by atoms with van der Waals surface area (Å²) < 4.78 is 0. The van der Waals surface area contributed by atoms with Gasteiger partial charge in [0.05, 0.1) is 0 Å². The van der Waals surface area contributed by atoms with E-state index < -0.39 is 0 Å². The minimum absolute atomic E-state index is 0.530. The van der Waals surface area contributed by atoms with Crippen LogP contribution >= 0.6 is 0 Å². The van der Waals surface area contributed by atoms with E-state index in [9.17, 15) is 0 Å². The van der Waals surface area contributed by atoms with Crippen LogP contribution in [0.3, 0.4) is 0 Å². The molecule has 0 atom stereocenters. The maximum absolute atomic E-state index is 3.75. The predicted molar refractivity (Wildman–Crippen MR) is 87.8 cm³/mol. The zero-order valence-electron chi connectivity index (χ0n) is 13.7. The first-order valence-corrected chi connectivity index (χ1v) is 8.30. The van der Waals surface area contributed by atoms with E-state index in [0.717, 1.165) is 18.5 Å². The fraction of sp³-hybridized carbons (Fsp3) is 0.684. The fourth-order valence-electron chi connectivity index (χ4n) is 3.34. The SMILES string of the molecule is CCC(C)(C)C1CCC(NCc2ccc(C)cc2)CC1. The third-order valence-electron chi connectivity index (χ3n) is 5.46. The second-order valence-corrected chi connectivity index (χ2v) is 7.26. The lowest BCUT2D eigenvalue weighted by molar-refractivity contribution is 0.137. The van der Waals surface area contributed by atoms with E-state index >= 15 is 0 Å². The largest absolute Gasteiger partial charge is 0.310 e. The summed E-state index contributed by atoms with van der Waals surface area (Å²) in [6, 6.07) is 9.62. The molecule has 1 aromatic rings. The van der Waals surface area contributed by atoms with E-state index in [4.69, 9.17) is 0 Å². The molecule has 0 radical (unpaired) electrons. The molecule has 1 heteroatoms. The maximum Gasteiger partial charge on any atom is 0.0208 e. The molecule has 0 bridgehead atoms. The van der Waals surface area contributed by atoms with Gasteiger partial charge in [-0.05, 0) is 49.5 Å². The first-order chi connectivity index (χ1) is 9.51. The van der Waals surface area contributed by atoms with Crippen LogP contribution in [-0.4, -0.2) is 6.04 Å². The molecular weight excluding hydrogens is 242 g/mol. The minimum atomic E-state index is 0.530. The summed E-state index contributed by atoms with van der Waals surface area (Å²) in [5.41, 5.74) is 3.28. The number of rotatable bonds is 5. The van der Waals surface area contributed by atoms with Crippen LogP contribution in [0.1, 0.15) is 64.0 Å². The van der Waals surface area contributed by atoms with Crippen molar-refractivity contribution in [2.24, 2.45) is 11.3 Å². The van der Waals surface area contributed by atoms with Gasteiger partial charge in [-0.15, -0.1) is 0 Å². The van der Waals surface area contributed by atoms with E-state index in [1.165, 1.54) is 43.2 Å². The molecule has 2 rings (SSSR count). The third kappa shape index (κ3) is 4.09. The first kappa shape index (κ1) is 15.6. The Labute approximate surface area is 125 Å². The van der Waals surface area contributed by atoms with Crippen LogP contribution in [0.5, 0.6) is 0 Å². The van der Waals surface area contributed by atoms with Crippen molar-refractivity contribution in [2.75, 3.05) is 0 Å². The summed E-state index contributed by atoms with van der Waals surface area (Å²) in [5.74, 6) is 0.921. The van der Waals surface area contributed by atoms with E-state index in [-0.39, 0.29) is 0 Å². The second kappa shape index (κ2) is 6.76. The molecule has 0 heterocycles. The number of benzene rings is 1. The number of hydrogen-bond acceptors (Lipinski definition) is 1. The summed E-state index contributed by atoms with van der Waals surface area (Å²) >= 11 is 0. The summed E-state index contributed by atoms with van der Waals surface area (Å²) in [7, 11) is 0. The average Bonchev–Trinajstić information content (AvgIpc) is 2.47. The smallest absolute Gasteiger partial charge is 0.0208 e. The van der Waals surface area contributed by atoms with Crippen LogP contribution < -0.4 is 5.32 Å². The molecule has 1 N–H and O–H groups in total. The van der Waals surface area contributed by atoms with Gasteiger partial charge >= 0.3 is 0 Å². The van der Waals surface area contributed by atoms with Gasteiger partial charge in [0.25, 0.3) is 0 Å². The Morgan fingerprint density at radius 1 is 1.05 bits per heavy atom. The zero-order valence-corrected chi connectivity index (χ0v) is 13.7. The summed E-state index contributed by atoms with van der Waals surface area (Å²) in [5, 5.41) is 3.75. The van der Waals surface area contributed by atoms with Crippen molar-refractivity contribution in [3.63, 3.8) is 0 Å². The summed E-state index contributed by atoms with van der Waals surface area (Å²) in [6.07, 6.45) is 6.79. The molecule has 1 aromatic carbocycles. The Bertz CT molecular complexity index is 396. The van der Waals surface area contributed by atoms with Crippen LogP contribution in [0, 0.1) is 18.3 Å². The molecule has 0 saturated heterocycles. The maximum atomic E-state index is 3.75. The molecule has 0 spiro atoms. The van der Waals surface area contributed by atoms with Crippen molar-refractivity contribution < 1.29 is 0 Å². The molecule has 0 aliphatic heterocycles. The standard InChI is InChI=1S/C19H31N/c1-5-19(3,4)17-10-12-18(13-11-17)20-14-16-8-6-15(2)7-9-16/h6-9,17-18,20H,5,10-14H2,1-4H3. The quantitative estimate of drug-likeness (QED) is 0.789. The monoisotopic (exact) mass is 273 g/mol. The molecule has 1 fully saturated rings. The number of aryl methyl sites for hydroxylation is 1. The molecular formula is C19H31N. The fourth-order valence-corrected chi connectivity index (χ4v) is 3.34. The summed E-state index contributed by atoms with van der Waals surface area (Å²) in [4.78, 5) is 0. The number of hydrogen-bond donors (Lipinski definition) is 1. The van der Waals surface area contributed by atoms with Crippen LogP contribution in [-0.2, 0) is 6.54 Å². The Morgan fingerprint density at radius 3 is 2.20 bits per heavy atom. The molecule has 1 aliphatic rings. The molecule has 112 valence electrons. The van der Waals surface area contributed by atoms with Crippen molar-refractivity contribution >= 4 is 0 Å². The van der Waals surface area contributed by atoms with Gasteiger partial charge < -0.3 is 5.32 Å². The van der Waals surface area contributed by atoms with E-state index in [0.29, 0.717) is 5.41 Å². The summed E-state index contributed by atoms with van der Waals surface area (Å²) in [6.45, 7) is 10.4. The molecule has 0 amide bonds. The Kier molecular flexibility index (Phi) is 5.26. The van der Waals surface area contributed by atoms with Gasteiger partial charge in [-0.2, -0.15) is 0 Å². The first-order valence-electron chi connectivity index (χ1n) is 8.30. The van der Waals surface area contributed by atoms with E-state index in [2.05, 4.69) is 57.3 Å². The zero-order chi connectivity index (χ0) is 14.6. The van der Waals surface area contributed by atoms with Gasteiger partial charge in [-0.1, -0.05) is 57.0 Å². The average molecular weight is 273 g/mol. The van der Waals surface area contributed by atoms with Crippen molar-refractivity contribution in [2.45, 2.75) is 72.4 Å². The normalized spacial score (nSPS) is 23.8. The van der Waals surface area contributed by atoms with Crippen molar-refractivity contribution in [1.82, 2.24) is 5.32 Å². The number of nitrogens with one attached hydrogen (secondary N) is 1. The lowest BCUT2D eigenvalue weighted by atomic mass is 9.69. The third-order valence-corrected chi connectivity index (χ3v) is 5.46. The highest BCUT2D eigenvalue weighted by molar-refractivity contribution is 5.21. The lowest BCUT2D eigenvalue weighted by Crippen LogP contribution is -2.36. The van der Waals surface area contributed by atoms with Gasteiger partial charge in [-0.25, -0.2) is 0 Å².